The van der Waals surface area contributed by atoms with Crippen molar-refractivity contribution < 1.29 is 4.79 Å². The zero-order chi connectivity index (χ0) is 18.5. The second-order valence-corrected chi connectivity index (χ2v) is 8.41. The third-order valence-corrected chi connectivity index (χ3v) is 5.61. The van der Waals surface area contributed by atoms with Gasteiger partial charge in [0.05, 0.1) is 9.90 Å². The summed E-state index contributed by atoms with van der Waals surface area (Å²) in [6.45, 7) is 4.97. The highest BCUT2D eigenvalue weighted by atomic mass is 35.5. The number of aromatic nitrogens is 2. The van der Waals surface area contributed by atoms with Crippen molar-refractivity contribution in [3.8, 4) is 0 Å². The summed E-state index contributed by atoms with van der Waals surface area (Å²) in [4.78, 5) is 23.4. The first-order chi connectivity index (χ1) is 12.5. The molecule has 0 aromatic carbocycles. The molecule has 2 N–H and O–H groups in total. The summed E-state index contributed by atoms with van der Waals surface area (Å²) in [5.41, 5.74) is 0.409. The molecular formula is C17H21Cl2N5OS. The summed E-state index contributed by atoms with van der Waals surface area (Å²) < 4.78 is 0.901. The number of aryl methyl sites for hydroxylation is 1. The smallest absolute Gasteiger partial charge is 0.253 e. The molecule has 0 saturated carbocycles. The van der Waals surface area contributed by atoms with Crippen LogP contribution in [0.3, 0.4) is 0 Å². The number of carbonyl (C=O) groups is 1. The van der Waals surface area contributed by atoms with Gasteiger partial charge in [0.25, 0.3) is 5.91 Å². The monoisotopic (exact) mass is 413 g/mol. The number of nitrogens with one attached hydrogen (secondary N) is 2. The first kappa shape index (κ1) is 19.2. The van der Waals surface area contributed by atoms with Crippen molar-refractivity contribution in [3.05, 3.63) is 32.2 Å². The molecule has 1 fully saturated rings. The van der Waals surface area contributed by atoms with Gasteiger partial charge in [-0.15, -0.1) is 11.3 Å². The van der Waals surface area contributed by atoms with Crippen LogP contribution in [0.4, 0.5) is 11.6 Å². The number of thiophene rings is 1. The molecule has 0 bridgehead atoms. The standard InChI is InChI=1S/C17H21Cl2N5OS/c1-11-22-14(10-15(23-11)24-7-3-2-4-8-24)20-5-6-21-17(25)12-9-13(18)26-16(12)19/h9-10H,2-8H2,1H3,(H,21,25)(H,20,22,23). The van der Waals surface area contributed by atoms with Gasteiger partial charge < -0.3 is 15.5 Å². The van der Waals surface area contributed by atoms with Crippen LogP contribution >= 0.6 is 34.5 Å². The molecule has 9 heteroatoms. The van der Waals surface area contributed by atoms with Gasteiger partial charge in [0.2, 0.25) is 0 Å². The summed E-state index contributed by atoms with van der Waals surface area (Å²) in [5.74, 6) is 2.24. The minimum absolute atomic E-state index is 0.229. The number of anilines is 2. The van der Waals surface area contributed by atoms with Crippen LogP contribution in [0, 0.1) is 6.92 Å². The summed E-state index contributed by atoms with van der Waals surface area (Å²) in [5, 5.41) is 6.07. The van der Waals surface area contributed by atoms with Crippen LogP contribution in [-0.2, 0) is 0 Å². The van der Waals surface area contributed by atoms with Crippen LogP contribution in [0.5, 0.6) is 0 Å². The molecule has 0 atom stereocenters. The summed E-state index contributed by atoms with van der Waals surface area (Å²) in [6.07, 6.45) is 3.69. The molecule has 26 heavy (non-hydrogen) atoms. The zero-order valence-electron chi connectivity index (χ0n) is 14.5. The van der Waals surface area contributed by atoms with Gasteiger partial charge in [-0.1, -0.05) is 23.2 Å². The van der Waals surface area contributed by atoms with Crippen LogP contribution in [0.2, 0.25) is 8.67 Å². The van der Waals surface area contributed by atoms with Crippen LogP contribution in [0.1, 0.15) is 35.4 Å². The van der Waals surface area contributed by atoms with E-state index in [1.807, 2.05) is 13.0 Å². The fourth-order valence-corrected chi connectivity index (χ4v) is 4.34. The highest BCUT2D eigenvalue weighted by Crippen LogP contribution is 2.30. The van der Waals surface area contributed by atoms with Crippen molar-refractivity contribution in [2.75, 3.05) is 36.4 Å². The van der Waals surface area contributed by atoms with Gasteiger partial charge in [-0.05, 0) is 32.3 Å². The second-order valence-electron chi connectivity index (χ2n) is 6.13. The van der Waals surface area contributed by atoms with Crippen molar-refractivity contribution in [3.63, 3.8) is 0 Å². The van der Waals surface area contributed by atoms with E-state index in [2.05, 4.69) is 25.5 Å². The Kier molecular flexibility index (Phi) is 6.56. The number of hydrogen-bond donors (Lipinski definition) is 2. The van der Waals surface area contributed by atoms with E-state index in [1.165, 1.54) is 30.6 Å². The van der Waals surface area contributed by atoms with Crippen molar-refractivity contribution in [2.24, 2.45) is 0 Å². The third-order valence-electron chi connectivity index (χ3n) is 4.12. The average molecular weight is 414 g/mol. The molecule has 1 aliphatic heterocycles. The van der Waals surface area contributed by atoms with Crippen LogP contribution < -0.4 is 15.5 Å². The quantitative estimate of drug-likeness (QED) is 0.700. The number of amides is 1. The predicted octanol–water partition coefficient (Wildman–Crippen LogP) is 3.99. The lowest BCUT2D eigenvalue weighted by Crippen LogP contribution is -2.31. The lowest BCUT2D eigenvalue weighted by atomic mass is 10.1. The molecule has 140 valence electrons. The number of hydrogen-bond acceptors (Lipinski definition) is 6. The Balaban J connectivity index is 1.52. The molecule has 0 spiro atoms. The number of piperidine rings is 1. The zero-order valence-corrected chi connectivity index (χ0v) is 16.8. The van der Waals surface area contributed by atoms with E-state index in [0.29, 0.717) is 27.3 Å². The van der Waals surface area contributed by atoms with E-state index in [9.17, 15) is 4.79 Å². The van der Waals surface area contributed by atoms with E-state index in [0.717, 1.165) is 30.5 Å². The van der Waals surface area contributed by atoms with E-state index in [1.54, 1.807) is 6.07 Å². The van der Waals surface area contributed by atoms with Gasteiger partial charge in [0, 0.05) is 32.2 Å². The Bertz CT molecular complexity index is 777. The molecule has 1 aliphatic rings. The van der Waals surface area contributed by atoms with Crippen molar-refractivity contribution >= 4 is 52.1 Å². The maximum absolute atomic E-state index is 12.1. The third kappa shape index (κ3) is 4.99. The molecule has 0 unspecified atom stereocenters. The highest BCUT2D eigenvalue weighted by Gasteiger charge is 2.15. The summed E-state index contributed by atoms with van der Waals surface area (Å²) in [7, 11) is 0. The molecule has 2 aromatic heterocycles. The first-order valence-corrected chi connectivity index (χ1v) is 10.2. The van der Waals surface area contributed by atoms with Gasteiger partial charge >= 0.3 is 0 Å². The number of carbonyl (C=O) groups excluding carboxylic acids is 1. The average Bonchev–Trinajstić information content (AvgIpc) is 2.97. The second kappa shape index (κ2) is 8.88. The Labute approximate surface area is 166 Å². The SMILES string of the molecule is Cc1nc(NCCNC(=O)c2cc(Cl)sc2Cl)cc(N2CCCCC2)n1. The number of rotatable bonds is 6. The van der Waals surface area contributed by atoms with Gasteiger partial charge in [0.15, 0.2) is 0 Å². The maximum atomic E-state index is 12.1. The largest absolute Gasteiger partial charge is 0.368 e. The van der Waals surface area contributed by atoms with E-state index < -0.39 is 0 Å². The van der Waals surface area contributed by atoms with Crippen LogP contribution in [-0.4, -0.2) is 42.1 Å². The molecule has 1 saturated heterocycles. The van der Waals surface area contributed by atoms with Gasteiger partial charge in [0.1, 0.15) is 21.8 Å². The fourth-order valence-electron chi connectivity index (χ4n) is 2.88. The molecule has 0 aliphatic carbocycles. The van der Waals surface area contributed by atoms with Crippen molar-refractivity contribution in [2.45, 2.75) is 26.2 Å². The Hall–Kier alpha value is -1.57. The minimum atomic E-state index is -0.229. The molecule has 2 aromatic rings. The molecule has 1 amide bonds. The molecular weight excluding hydrogens is 393 g/mol. The van der Waals surface area contributed by atoms with E-state index in [-0.39, 0.29) is 5.91 Å². The number of halogens is 2. The fraction of sp³-hybridized carbons (Fsp3) is 0.471. The molecule has 3 heterocycles. The van der Waals surface area contributed by atoms with Crippen LogP contribution in [0.15, 0.2) is 12.1 Å². The Morgan fingerprint density at radius 2 is 1.96 bits per heavy atom. The minimum Gasteiger partial charge on any atom is -0.368 e. The van der Waals surface area contributed by atoms with Gasteiger partial charge in [-0.3, -0.25) is 4.79 Å². The lowest BCUT2D eigenvalue weighted by molar-refractivity contribution is 0.0956. The number of nitrogens with zero attached hydrogens (tertiary/aromatic N) is 3. The normalized spacial score (nSPS) is 14.3. The predicted molar refractivity (Wildman–Crippen MR) is 108 cm³/mol. The maximum Gasteiger partial charge on any atom is 0.253 e. The lowest BCUT2D eigenvalue weighted by Gasteiger charge is -2.28. The highest BCUT2D eigenvalue weighted by molar-refractivity contribution is 7.20. The van der Waals surface area contributed by atoms with Crippen LogP contribution in [0.25, 0.3) is 0 Å². The molecule has 0 radical (unpaired) electrons. The summed E-state index contributed by atoms with van der Waals surface area (Å²) >= 11 is 13.0. The molecule has 6 nitrogen and oxygen atoms in total. The Morgan fingerprint density at radius 3 is 2.65 bits per heavy atom. The summed E-state index contributed by atoms with van der Waals surface area (Å²) in [6, 6.07) is 3.55. The van der Waals surface area contributed by atoms with E-state index >= 15 is 0 Å². The van der Waals surface area contributed by atoms with Gasteiger partial charge in [-0.2, -0.15) is 0 Å². The Morgan fingerprint density at radius 1 is 1.19 bits per heavy atom. The van der Waals surface area contributed by atoms with Gasteiger partial charge in [-0.25, -0.2) is 9.97 Å². The van der Waals surface area contributed by atoms with Crippen molar-refractivity contribution in [1.82, 2.24) is 15.3 Å². The molecule has 3 rings (SSSR count). The topological polar surface area (TPSA) is 70.2 Å². The van der Waals surface area contributed by atoms with Crippen molar-refractivity contribution in [1.29, 1.82) is 0 Å². The van der Waals surface area contributed by atoms with E-state index in [4.69, 9.17) is 23.2 Å². The first-order valence-electron chi connectivity index (χ1n) is 8.60.